The number of piperidine rings is 1. The van der Waals surface area contributed by atoms with Crippen molar-refractivity contribution in [3.63, 3.8) is 0 Å². The summed E-state index contributed by atoms with van der Waals surface area (Å²) in [7, 11) is 3.84. The third kappa shape index (κ3) is 5.26. The molecule has 1 aliphatic heterocycles. The number of phenols is 1. The van der Waals surface area contributed by atoms with Crippen molar-refractivity contribution in [3.8, 4) is 11.5 Å². The average Bonchev–Trinajstić information content (AvgIpc) is 3.29. The van der Waals surface area contributed by atoms with Gasteiger partial charge in [-0.3, -0.25) is 14.2 Å². The minimum Gasteiger partial charge on any atom is -0.508 e. The van der Waals surface area contributed by atoms with E-state index in [0.717, 1.165) is 12.0 Å². The Balaban J connectivity index is 0.000000161. The predicted octanol–water partition coefficient (Wildman–Crippen LogP) is 7.01. The lowest BCUT2D eigenvalue weighted by Gasteiger charge is -2.58. The Bertz CT molecular complexity index is 1730. The molecule has 0 spiro atoms. The largest absolute Gasteiger partial charge is 0.508 e. The molecule has 3 aliphatic rings. The number of hydrogen-bond acceptors (Lipinski definition) is 5. The van der Waals surface area contributed by atoms with Crippen molar-refractivity contribution in [2.45, 2.75) is 63.3 Å². The smallest absolute Gasteiger partial charge is 0.307 e. The fraction of sp³-hybridized carbons (Fsp3) is 0.389. The van der Waals surface area contributed by atoms with Crippen LogP contribution in [0.25, 0.3) is 10.9 Å². The molecule has 0 unspecified atom stereocenters. The number of nitrogens with zero attached hydrogens (tertiary/aromatic N) is 2. The van der Waals surface area contributed by atoms with Gasteiger partial charge in [0.05, 0.1) is 19.0 Å². The molecule has 2 heterocycles. The molecular formula is C36H39ClN2O5. The number of carboxylic acids is 1. The summed E-state index contributed by atoms with van der Waals surface area (Å²) in [5, 5.41) is 20.4. The normalized spacial score (nSPS) is 22.4. The van der Waals surface area contributed by atoms with Crippen LogP contribution >= 0.6 is 11.6 Å². The summed E-state index contributed by atoms with van der Waals surface area (Å²) < 4.78 is 6.77. The molecule has 230 valence electrons. The van der Waals surface area contributed by atoms with Crippen molar-refractivity contribution < 1.29 is 24.5 Å². The van der Waals surface area contributed by atoms with Gasteiger partial charge in [-0.25, -0.2) is 0 Å². The second-order valence-electron chi connectivity index (χ2n) is 12.5. The molecule has 2 aliphatic carbocycles. The number of ether oxygens (including phenoxy) is 1. The van der Waals surface area contributed by atoms with Crippen LogP contribution in [0.3, 0.4) is 0 Å². The maximum Gasteiger partial charge on any atom is 0.307 e. The van der Waals surface area contributed by atoms with Gasteiger partial charge in [0.25, 0.3) is 5.91 Å². The standard InChI is InChI=1S/C19H16ClNO4.C17H23NO/c1-11-15(10-18(22)23)16-9-14(25-2)7-8-17(16)21(11)19(24)12-3-5-13(20)6-4-12;1-18-9-8-17-7-3-2-4-14(17)16(18)10-12-5-6-13(19)11-15(12)17/h3-9H,10H2,1-2H3,(H,22,23);5-6,11,14,16,19H,2-4,7-10H2,1H3/t;14-,16-,17+/m.0/s1. The molecule has 3 atom stereocenters. The summed E-state index contributed by atoms with van der Waals surface area (Å²) in [6.07, 6.45) is 7.76. The van der Waals surface area contributed by atoms with Gasteiger partial charge in [0.2, 0.25) is 0 Å². The van der Waals surface area contributed by atoms with Crippen LogP contribution in [0.1, 0.15) is 64.8 Å². The maximum absolute atomic E-state index is 13.0. The fourth-order valence-electron chi connectivity index (χ4n) is 8.13. The van der Waals surface area contributed by atoms with E-state index in [-0.39, 0.29) is 12.3 Å². The number of carboxylic acid groups (broad SMARTS) is 1. The van der Waals surface area contributed by atoms with Gasteiger partial charge in [0.15, 0.2) is 0 Å². The molecule has 2 N–H and O–H groups in total. The minimum atomic E-state index is -0.955. The number of aromatic nitrogens is 1. The molecule has 7 rings (SSSR count). The van der Waals surface area contributed by atoms with Crippen molar-refractivity contribution >= 4 is 34.4 Å². The number of hydrogen-bond donors (Lipinski definition) is 2. The number of likely N-dealkylation sites (N-methyl/N-ethyl adjacent to an activating group) is 1. The van der Waals surface area contributed by atoms with Crippen LogP contribution in [0.5, 0.6) is 11.5 Å². The van der Waals surface area contributed by atoms with Crippen molar-refractivity contribution in [1.29, 1.82) is 0 Å². The van der Waals surface area contributed by atoms with Crippen LogP contribution in [-0.4, -0.2) is 58.3 Å². The molecule has 7 nitrogen and oxygen atoms in total. The Kier molecular flexibility index (Phi) is 8.20. The van der Waals surface area contributed by atoms with Gasteiger partial charge in [-0.1, -0.05) is 30.5 Å². The van der Waals surface area contributed by atoms with Gasteiger partial charge in [-0.2, -0.15) is 0 Å². The van der Waals surface area contributed by atoms with E-state index < -0.39 is 5.97 Å². The van der Waals surface area contributed by atoms with Crippen LogP contribution in [0.4, 0.5) is 0 Å². The lowest BCUT2D eigenvalue weighted by Crippen LogP contribution is -2.59. The van der Waals surface area contributed by atoms with E-state index in [1.54, 1.807) is 56.5 Å². The van der Waals surface area contributed by atoms with Crippen molar-refractivity contribution in [3.05, 3.63) is 93.6 Å². The molecule has 2 fully saturated rings. The third-order valence-corrected chi connectivity index (χ3v) is 10.5. The van der Waals surface area contributed by atoms with E-state index in [1.807, 2.05) is 6.07 Å². The second kappa shape index (κ2) is 11.9. The zero-order valence-electron chi connectivity index (χ0n) is 25.5. The molecule has 1 saturated carbocycles. The van der Waals surface area contributed by atoms with E-state index in [4.69, 9.17) is 16.3 Å². The first-order valence-electron chi connectivity index (χ1n) is 15.4. The summed E-state index contributed by atoms with van der Waals surface area (Å²) in [6.45, 7) is 2.97. The van der Waals surface area contributed by atoms with Gasteiger partial charge in [0, 0.05) is 33.1 Å². The number of benzene rings is 3. The quantitative estimate of drug-likeness (QED) is 0.257. The number of carbonyl (C=O) groups excluding carboxylic acids is 1. The van der Waals surface area contributed by atoms with Gasteiger partial charge >= 0.3 is 5.97 Å². The van der Waals surface area contributed by atoms with Gasteiger partial charge in [-0.15, -0.1) is 0 Å². The Morgan fingerprint density at radius 1 is 1.05 bits per heavy atom. The van der Waals surface area contributed by atoms with E-state index in [1.165, 1.54) is 60.8 Å². The Morgan fingerprint density at radius 2 is 1.82 bits per heavy atom. The van der Waals surface area contributed by atoms with E-state index in [2.05, 4.69) is 24.1 Å². The molecule has 0 radical (unpaired) electrons. The molecular weight excluding hydrogens is 576 g/mol. The second-order valence-corrected chi connectivity index (χ2v) is 13.0. The van der Waals surface area contributed by atoms with E-state index >= 15 is 0 Å². The lowest BCUT2D eigenvalue weighted by molar-refractivity contribution is -0.136. The first kappa shape index (κ1) is 30.2. The van der Waals surface area contributed by atoms with Gasteiger partial charge in [0.1, 0.15) is 11.5 Å². The first-order chi connectivity index (χ1) is 21.1. The van der Waals surface area contributed by atoms with E-state index in [0.29, 0.717) is 49.7 Å². The summed E-state index contributed by atoms with van der Waals surface area (Å²) in [5.41, 5.74) is 5.68. The van der Waals surface area contributed by atoms with Crippen LogP contribution < -0.4 is 4.74 Å². The number of aliphatic carboxylic acids is 1. The minimum absolute atomic E-state index is 0.170. The van der Waals surface area contributed by atoms with Crippen LogP contribution in [0.2, 0.25) is 5.02 Å². The van der Waals surface area contributed by atoms with Gasteiger partial charge in [-0.05, 0) is 123 Å². The topological polar surface area (TPSA) is 92.0 Å². The first-order valence-corrected chi connectivity index (χ1v) is 15.7. The van der Waals surface area contributed by atoms with Crippen molar-refractivity contribution in [2.75, 3.05) is 20.7 Å². The SMILES string of the molecule is CN1CC[C@]23CCCC[C@H]2[C@@H]1Cc1ccc(O)cc13.COc1ccc2c(c1)c(CC(=O)O)c(C)n2C(=O)c1ccc(Cl)cc1. The highest BCUT2D eigenvalue weighted by Crippen LogP contribution is 2.55. The Labute approximate surface area is 263 Å². The summed E-state index contributed by atoms with van der Waals surface area (Å²) >= 11 is 5.89. The highest BCUT2D eigenvalue weighted by atomic mass is 35.5. The molecule has 1 aromatic heterocycles. The van der Waals surface area contributed by atoms with Crippen molar-refractivity contribution in [1.82, 2.24) is 9.47 Å². The molecule has 4 aromatic rings. The number of likely N-dealkylation sites (tertiary alicyclic amines) is 1. The van der Waals surface area contributed by atoms with Crippen molar-refractivity contribution in [2.24, 2.45) is 5.92 Å². The van der Waals surface area contributed by atoms with Gasteiger partial charge < -0.3 is 19.8 Å². The third-order valence-electron chi connectivity index (χ3n) is 10.3. The Hall–Kier alpha value is -3.81. The molecule has 2 bridgehead atoms. The summed E-state index contributed by atoms with van der Waals surface area (Å²) in [6, 6.07) is 18.7. The van der Waals surface area contributed by atoms with Crippen LogP contribution in [-0.2, 0) is 23.1 Å². The molecule has 8 heteroatoms. The number of halogens is 1. The monoisotopic (exact) mass is 614 g/mol. The number of fused-ring (bicyclic) bond motifs is 2. The number of rotatable bonds is 4. The molecule has 1 saturated heterocycles. The zero-order chi connectivity index (χ0) is 31.2. The Morgan fingerprint density at radius 3 is 2.55 bits per heavy atom. The van der Waals surface area contributed by atoms with Crippen LogP contribution in [0.15, 0.2) is 60.7 Å². The number of phenolic OH excluding ortho intramolecular Hbond substituents is 1. The van der Waals surface area contributed by atoms with E-state index in [9.17, 15) is 19.8 Å². The van der Waals surface area contributed by atoms with Crippen LogP contribution in [0, 0.1) is 12.8 Å². The maximum atomic E-state index is 13.0. The number of aromatic hydroxyl groups is 1. The highest BCUT2D eigenvalue weighted by molar-refractivity contribution is 6.30. The fourth-order valence-corrected chi connectivity index (χ4v) is 8.26. The number of carbonyl (C=O) groups is 2. The molecule has 0 amide bonds. The molecule has 44 heavy (non-hydrogen) atoms. The number of methoxy groups -OCH3 is 1. The lowest BCUT2D eigenvalue weighted by atomic mass is 9.52. The predicted molar refractivity (Wildman–Crippen MR) is 172 cm³/mol. The molecule has 3 aromatic carbocycles. The summed E-state index contributed by atoms with van der Waals surface area (Å²) in [5.74, 6) is 0.684. The zero-order valence-corrected chi connectivity index (χ0v) is 26.2. The summed E-state index contributed by atoms with van der Waals surface area (Å²) in [4.78, 5) is 26.8. The highest BCUT2D eigenvalue weighted by Gasteiger charge is 2.53. The average molecular weight is 615 g/mol.